The predicted molar refractivity (Wildman–Crippen MR) is 137 cm³/mol. The van der Waals surface area contributed by atoms with Crippen LogP contribution in [0, 0.1) is 0 Å². The summed E-state index contributed by atoms with van der Waals surface area (Å²) in [7, 11) is 0. The van der Waals surface area contributed by atoms with Crippen molar-refractivity contribution in [3.05, 3.63) is 71.3 Å². The fourth-order valence-corrected chi connectivity index (χ4v) is 5.13. The van der Waals surface area contributed by atoms with Gasteiger partial charge < -0.3 is 9.73 Å². The van der Waals surface area contributed by atoms with Crippen molar-refractivity contribution in [1.82, 2.24) is 0 Å². The van der Waals surface area contributed by atoms with E-state index in [1.165, 1.54) is 40.3 Å². The first-order valence-electron chi connectivity index (χ1n) is 11.8. The first-order chi connectivity index (χ1) is 14.9. The molecule has 4 aromatic rings. The summed E-state index contributed by atoms with van der Waals surface area (Å²) in [5.74, 6) is 0. The highest BCUT2D eigenvalue weighted by Crippen LogP contribution is 2.48. The number of anilines is 2. The van der Waals surface area contributed by atoms with Gasteiger partial charge in [0.15, 0.2) is 0 Å². The van der Waals surface area contributed by atoms with Gasteiger partial charge in [-0.15, -0.1) is 0 Å². The third kappa shape index (κ3) is 3.50. The predicted octanol–water partition coefficient (Wildman–Crippen LogP) is 8.98. The molecule has 0 spiro atoms. The van der Waals surface area contributed by atoms with Crippen LogP contribution in [-0.2, 0) is 16.2 Å². The lowest BCUT2D eigenvalue weighted by molar-refractivity contribution is 0.332. The minimum absolute atomic E-state index is 0.161. The van der Waals surface area contributed by atoms with Gasteiger partial charge in [0.25, 0.3) is 0 Å². The minimum atomic E-state index is 0.161. The number of rotatable bonds is 2. The van der Waals surface area contributed by atoms with Crippen molar-refractivity contribution in [3.8, 4) is 0 Å². The van der Waals surface area contributed by atoms with Crippen LogP contribution in [0.15, 0.2) is 59.0 Å². The Morgan fingerprint density at radius 1 is 0.688 bits per heavy atom. The fraction of sp³-hybridized carbons (Fsp3) is 0.400. The summed E-state index contributed by atoms with van der Waals surface area (Å²) < 4.78 is 6.31. The van der Waals surface area contributed by atoms with E-state index >= 15 is 0 Å². The van der Waals surface area contributed by atoms with Gasteiger partial charge in [-0.2, -0.15) is 0 Å². The van der Waals surface area contributed by atoms with Gasteiger partial charge in [-0.3, -0.25) is 0 Å². The molecule has 1 aliphatic rings. The molecule has 0 aliphatic heterocycles. The van der Waals surface area contributed by atoms with E-state index in [0.717, 1.165) is 22.5 Å². The quantitative estimate of drug-likeness (QED) is 0.346. The number of benzene rings is 3. The van der Waals surface area contributed by atoms with E-state index in [4.69, 9.17) is 4.42 Å². The Morgan fingerprint density at radius 3 is 1.88 bits per heavy atom. The Morgan fingerprint density at radius 2 is 1.25 bits per heavy atom. The molecular weight excluding hydrogens is 390 g/mol. The van der Waals surface area contributed by atoms with E-state index in [2.05, 4.69) is 108 Å². The molecule has 1 heterocycles. The number of furan rings is 1. The van der Waals surface area contributed by atoms with E-state index < -0.39 is 0 Å². The number of nitrogens with one attached hydrogen (secondary N) is 1. The maximum Gasteiger partial charge on any atom is 0.135 e. The van der Waals surface area contributed by atoms with Crippen LogP contribution in [0.1, 0.15) is 78.0 Å². The highest BCUT2D eigenvalue weighted by atomic mass is 16.3. The van der Waals surface area contributed by atoms with E-state index in [9.17, 15) is 0 Å². The molecular formula is C30H35NO. The van der Waals surface area contributed by atoms with Crippen LogP contribution < -0.4 is 5.32 Å². The zero-order valence-electron chi connectivity index (χ0n) is 20.5. The standard InChI is InChI=1S/C30H35NO/c1-28(2,3)19-8-10-20(11-9-19)31-21-12-13-26-22(16-21)23-17-24-25(18-27(23)32-26)30(6,7)15-14-29(24,4)5/h8-13,16-18,31H,14-15H2,1-7H3. The molecule has 0 fully saturated rings. The van der Waals surface area contributed by atoms with Crippen LogP contribution in [-0.4, -0.2) is 0 Å². The zero-order valence-corrected chi connectivity index (χ0v) is 20.5. The Labute approximate surface area is 192 Å². The Hall–Kier alpha value is -2.74. The smallest absolute Gasteiger partial charge is 0.135 e. The molecule has 2 heteroatoms. The molecule has 3 aromatic carbocycles. The molecule has 2 nitrogen and oxygen atoms in total. The van der Waals surface area contributed by atoms with Crippen LogP contribution >= 0.6 is 0 Å². The highest BCUT2D eigenvalue weighted by Gasteiger charge is 2.37. The molecule has 0 radical (unpaired) electrons. The van der Waals surface area contributed by atoms with Crippen molar-refractivity contribution in [3.63, 3.8) is 0 Å². The third-order valence-electron chi connectivity index (χ3n) is 7.48. The van der Waals surface area contributed by atoms with Gasteiger partial charge >= 0.3 is 0 Å². The molecule has 0 saturated heterocycles. The van der Waals surface area contributed by atoms with Crippen molar-refractivity contribution in [2.75, 3.05) is 5.32 Å². The molecule has 5 rings (SSSR count). The second-order valence-corrected chi connectivity index (χ2v) is 11.9. The Bertz CT molecular complexity index is 1310. The maximum atomic E-state index is 6.31. The van der Waals surface area contributed by atoms with Gasteiger partial charge in [-0.1, -0.05) is 60.6 Å². The average Bonchev–Trinajstić information content (AvgIpc) is 3.08. The summed E-state index contributed by atoms with van der Waals surface area (Å²) in [6, 6.07) is 19.9. The molecule has 166 valence electrons. The largest absolute Gasteiger partial charge is 0.456 e. The molecule has 32 heavy (non-hydrogen) atoms. The lowest BCUT2D eigenvalue weighted by Crippen LogP contribution is -2.33. The molecule has 1 aromatic heterocycles. The highest BCUT2D eigenvalue weighted by molar-refractivity contribution is 6.06. The van der Waals surface area contributed by atoms with Crippen molar-refractivity contribution in [2.45, 2.75) is 77.6 Å². The number of hydrogen-bond acceptors (Lipinski definition) is 2. The average molecular weight is 426 g/mol. The maximum absolute atomic E-state index is 6.31. The van der Waals surface area contributed by atoms with Gasteiger partial charge in [0.1, 0.15) is 11.2 Å². The van der Waals surface area contributed by atoms with Crippen LogP contribution in [0.4, 0.5) is 11.4 Å². The molecule has 0 atom stereocenters. The summed E-state index contributed by atoms with van der Waals surface area (Å²) in [5.41, 5.74) is 8.92. The van der Waals surface area contributed by atoms with Crippen LogP contribution in [0.5, 0.6) is 0 Å². The van der Waals surface area contributed by atoms with Crippen molar-refractivity contribution in [2.24, 2.45) is 0 Å². The summed E-state index contributed by atoms with van der Waals surface area (Å²) >= 11 is 0. The van der Waals surface area contributed by atoms with Gasteiger partial charge in [0.05, 0.1) is 0 Å². The fourth-order valence-electron chi connectivity index (χ4n) is 5.13. The minimum Gasteiger partial charge on any atom is -0.456 e. The zero-order chi connectivity index (χ0) is 22.9. The van der Waals surface area contributed by atoms with Gasteiger partial charge in [0, 0.05) is 22.1 Å². The third-order valence-corrected chi connectivity index (χ3v) is 7.48. The lowest BCUT2D eigenvalue weighted by Gasteiger charge is -2.41. The van der Waals surface area contributed by atoms with Gasteiger partial charge in [-0.25, -0.2) is 0 Å². The first-order valence-corrected chi connectivity index (χ1v) is 11.8. The van der Waals surface area contributed by atoms with Crippen LogP contribution in [0.2, 0.25) is 0 Å². The Kier molecular flexibility index (Phi) is 4.54. The van der Waals surface area contributed by atoms with Gasteiger partial charge in [-0.05, 0) is 88.2 Å². The van der Waals surface area contributed by atoms with Crippen LogP contribution in [0.3, 0.4) is 0 Å². The number of hydrogen-bond donors (Lipinski definition) is 1. The van der Waals surface area contributed by atoms with Crippen LogP contribution in [0.25, 0.3) is 21.9 Å². The van der Waals surface area contributed by atoms with E-state index in [1.807, 2.05) is 0 Å². The normalized spacial score (nSPS) is 17.5. The molecule has 1 N–H and O–H groups in total. The van der Waals surface area contributed by atoms with E-state index in [1.54, 1.807) is 0 Å². The molecule has 0 saturated carbocycles. The van der Waals surface area contributed by atoms with Gasteiger partial charge in [0.2, 0.25) is 0 Å². The summed E-state index contributed by atoms with van der Waals surface area (Å²) in [5, 5.41) is 5.98. The molecule has 0 unspecified atom stereocenters. The van der Waals surface area contributed by atoms with Crippen molar-refractivity contribution in [1.29, 1.82) is 0 Å². The van der Waals surface area contributed by atoms with Crippen molar-refractivity contribution < 1.29 is 4.42 Å². The molecule has 0 amide bonds. The lowest BCUT2D eigenvalue weighted by atomic mass is 9.63. The Balaban J connectivity index is 1.57. The monoisotopic (exact) mass is 425 g/mol. The summed E-state index contributed by atoms with van der Waals surface area (Å²) in [6.45, 7) is 16.2. The molecule has 0 bridgehead atoms. The number of fused-ring (bicyclic) bond motifs is 4. The summed E-state index contributed by atoms with van der Waals surface area (Å²) in [6.07, 6.45) is 2.42. The molecule has 1 aliphatic carbocycles. The SMILES string of the molecule is CC(C)(C)c1ccc(Nc2ccc3oc4cc5c(cc4c3c2)C(C)(C)CCC5(C)C)cc1. The first kappa shape index (κ1) is 21.1. The van der Waals surface area contributed by atoms with Crippen molar-refractivity contribution >= 4 is 33.3 Å². The van der Waals surface area contributed by atoms with E-state index in [0.29, 0.717) is 0 Å². The summed E-state index contributed by atoms with van der Waals surface area (Å²) in [4.78, 5) is 0. The van der Waals surface area contributed by atoms with E-state index in [-0.39, 0.29) is 16.2 Å². The second-order valence-electron chi connectivity index (χ2n) is 11.9. The topological polar surface area (TPSA) is 25.2 Å². The second kappa shape index (κ2) is 6.88.